The zero-order valence-electron chi connectivity index (χ0n) is 29.9. The molecule has 0 fully saturated rings. The summed E-state index contributed by atoms with van der Waals surface area (Å²) in [4.78, 5) is 0. The average Bonchev–Trinajstić information content (AvgIpc) is 3.90. The van der Waals surface area contributed by atoms with Gasteiger partial charge in [0, 0.05) is 32.8 Å². The fourth-order valence-corrected chi connectivity index (χ4v) is 9.35. The van der Waals surface area contributed by atoms with E-state index in [-0.39, 0.29) is 5.92 Å². The van der Waals surface area contributed by atoms with Crippen molar-refractivity contribution in [3.05, 3.63) is 211 Å². The molecule has 0 saturated carbocycles. The molecule has 2 heteroatoms. The summed E-state index contributed by atoms with van der Waals surface area (Å²) in [6.45, 7) is 0. The Kier molecular flexibility index (Phi) is 6.43. The number of hydrogen-bond donors (Lipinski definition) is 0. The molecule has 1 aliphatic rings. The van der Waals surface area contributed by atoms with Gasteiger partial charge < -0.3 is 8.98 Å². The summed E-state index contributed by atoms with van der Waals surface area (Å²) in [6, 6.07) is 71.2. The van der Waals surface area contributed by atoms with E-state index in [0.717, 1.165) is 21.9 Å². The Labute approximate surface area is 318 Å². The van der Waals surface area contributed by atoms with Crippen LogP contribution in [-0.2, 0) is 0 Å². The van der Waals surface area contributed by atoms with Crippen LogP contribution in [0.2, 0.25) is 0 Å². The summed E-state index contributed by atoms with van der Waals surface area (Å²) < 4.78 is 8.69. The van der Waals surface area contributed by atoms with Crippen molar-refractivity contribution in [2.45, 2.75) is 5.92 Å². The zero-order chi connectivity index (χ0) is 36.0. The lowest BCUT2D eigenvalue weighted by Gasteiger charge is -2.16. The fourth-order valence-electron chi connectivity index (χ4n) is 9.35. The monoisotopic (exact) mass is 699 g/mol. The van der Waals surface area contributed by atoms with E-state index >= 15 is 0 Å². The maximum Gasteiger partial charge on any atom is 0.135 e. The van der Waals surface area contributed by atoms with E-state index in [1.54, 1.807) is 0 Å². The Bertz CT molecular complexity index is 3330. The SMILES string of the molecule is c1ccc(C2c3ccccc3-c3ccc(-c4ccc5c6ccccc6n(-c6cc(-c7ccc8oc9ccccc9c8c7)cc7ccccc67)c5c4)cc32)cc1. The van der Waals surface area contributed by atoms with E-state index < -0.39 is 0 Å². The standard InChI is InChI=1S/C53H33NO/c1-2-12-33(13-3-1)53-45-19-7-6-16-40(45)41-25-22-34(30-47(41)53)36-23-26-43-42-17-8-10-20-48(42)54(50(43)31-36)49-32-38(28-37-14-4-5-15-39(37)49)35-24-27-52-46(29-35)44-18-9-11-21-51(44)55-52/h1-32,53H. The van der Waals surface area contributed by atoms with Gasteiger partial charge in [0.05, 0.1) is 16.7 Å². The van der Waals surface area contributed by atoms with Gasteiger partial charge in [0.25, 0.3) is 0 Å². The number of hydrogen-bond acceptors (Lipinski definition) is 1. The smallest absolute Gasteiger partial charge is 0.135 e. The van der Waals surface area contributed by atoms with Crippen LogP contribution in [-0.4, -0.2) is 4.57 Å². The van der Waals surface area contributed by atoms with Gasteiger partial charge >= 0.3 is 0 Å². The van der Waals surface area contributed by atoms with Crippen LogP contribution in [0.5, 0.6) is 0 Å². The molecular formula is C53H33NO. The topological polar surface area (TPSA) is 18.1 Å². The largest absolute Gasteiger partial charge is 0.456 e. The van der Waals surface area contributed by atoms with Gasteiger partial charge in [-0.15, -0.1) is 0 Å². The first-order valence-electron chi connectivity index (χ1n) is 19.0. The van der Waals surface area contributed by atoms with Crippen LogP contribution in [0.3, 0.4) is 0 Å². The Morgan fingerprint density at radius 1 is 0.364 bits per heavy atom. The van der Waals surface area contributed by atoms with Gasteiger partial charge in [-0.25, -0.2) is 0 Å². The molecule has 0 radical (unpaired) electrons. The number of para-hydroxylation sites is 2. The van der Waals surface area contributed by atoms with Crippen molar-refractivity contribution in [2.24, 2.45) is 0 Å². The second-order valence-corrected chi connectivity index (χ2v) is 14.8. The summed E-state index contributed by atoms with van der Waals surface area (Å²) in [5, 5.41) is 7.20. The van der Waals surface area contributed by atoms with Crippen LogP contribution >= 0.6 is 0 Å². The van der Waals surface area contributed by atoms with Crippen LogP contribution in [0.15, 0.2) is 199 Å². The molecule has 0 N–H and O–H groups in total. The second-order valence-electron chi connectivity index (χ2n) is 14.8. The first kappa shape index (κ1) is 30.3. The first-order chi connectivity index (χ1) is 27.3. The van der Waals surface area contributed by atoms with Gasteiger partial charge in [0.2, 0.25) is 0 Å². The van der Waals surface area contributed by atoms with E-state index in [4.69, 9.17) is 4.42 Å². The molecule has 0 bridgehead atoms. The highest BCUT2D eigenvalue weighted by atomic mass is 16.3. The van der Waals surface area contributed by atoms with Crippen LogP contribution in [0.1, 0.15) is 22.6 Å². The molecule has 2 heterocycles. The van der Waals surface area contributed by atoms with Crippen molar-refractivity contribution >= 4 is 54.5 Å². The summed E-state index contributed by atoms with van der Waals surface area (Å²) in [6.07, 6.45) is 0. The normalized spacial score (nSPS) is 13.6. The maximum atomic E-state index is 6.21. The van der Waals surface area contributed by atoms with Gasteiger partial charge in [0.1, 0.15) is 11.2 Å². The van der Waals surface area contributed by atoms with Gasteiger partial charge in [0.15, 0.2) is 0 Å². The molecular weight excluding hydrogens is 667 g/mol. The van der Waals surface area contributed by atoms with Crippen molar-refractivity contribution in [2.75, 3.05) is 0 Å². The predicted molar refractivity (Wildman–Crippen MR) is 229 cm³/mol. The molecule has 0 aliphatic heterocycles. The molecule has 2 nitrogen and oxygen atoms in total. The van der Waals surface area contributed by atoms with E-state index in [2.05, 4.69) is 187 Å². The van der Waals surface area contributed by atoms with E-state index in [1.807, 2.05) is 12.1 Å². The molecule has 1 atom stereocenters. The molecule has 256 valence electrons. The van der Waals surface area contributed by atoms with Crippen molar-refractivity contribution in [3.63, 3.8) is 0 Å². The van der Waals surface area contributed by atoms with E-state index in [0.29, 0.717) is 0 Å². The minimum Gasteiger partial charge on any atom is -0.456 e. The summed E-state index contributed by atoms with van der Waals surface area (Å²) in [7, 11) is 0. The number of furan rings is 1. The molecule has 11 aromatic rings. The van der Waals surface area contributed by atoms with E-state index in [9.17, 15) is 0 Å². The number of aromatic nitrogens is 1. The molecule has 0 spiro atoms. The average molecular weight is 700 g/mol. The molecule has 9 aromatic carbocycles. The Morgan fingerprint density at radius 3 is 1.95 bits per heavy atom. The number of nitrogens with zero attached hydrogens (tertiary/aromatic N) is 1. The van der Waals surface area contributed by atoms with Crippen molar-refractivity contribution < 1.29 is 4.42 Å². The van der Waals surface area contributed by atoms with Gasteiger partial charge in [-0.05, 0) is 104 Å². The summed E-state index contributed by atoms with van der Waals surface area (Å²) in [5.74, 6) is 0.205. The van der Waals surface area contributed by atoms with Gasteiger partial charge in [-0.2, -0.15) is 0 Å². The summed E-state index contributed by atoms with van der Waals surface area (Å²) >= 11 is 0. The Morgan fingerprint density at radius 2 is 1.02 bits per heavy atom. The van der Waals surface area contributed by atoms with Gasteiger partial charge in [-0.3, -0.25) is 0 Å². The number of benzene rings is 9. The third-order valence-corrected chi connectivity index (χ3v) is 11.9. The third kappa shape index (κ3) is 4.55. The lowest BCUT2D eigenvalue weighted by atomic mass is 9.88. The Balaban J connectivity index is 1.07. The number of fused-ring (bicyclic) bond motifs is 10. The molecule has 12 rings (SSSR count). The van der Waals surface area contributed by atoms with Gasteiger partial charge in [-0.1, -0.05) is 146 Å². The highest BCUT2D eigenvalue weighted by Crippen LogP contribution is 2.49. The maximum absolute atomic E-state index is 6.21. The lowest BCUT2D eigenvalue weighted by Crippen LogP contribution is -1.99. The lowest BCUT2D eigenvalue weighted by molar-refractivity contribution is 0.669. The van der Waals surface area contributed by atoms with E-state index in [1.165, 1.54) is 88.3 Å². The second kappa shape index (κ2) is 11.7. The van der Waals surface area contributed by atoms with Crippen molar-refractivity contribution in [3.8, 4) is 39.1 Å². The molecule has 55 heavy (non-hydrogen) atoms. The predicted octanol–water partition coefficient (Wildman–Crippen LogP) is 14.3. The molecule has 1 aliphatic carbocycles. The Hall–Kier alpha value is -7.16. The van der Waals surface area contributed by atoms with Crippen LogP contribution in [0.25, 0.3) is 93.6 Å². The fraction of sp³-hybridized carbons (Fsp3) is 0.0189. The molecule has 0 saturated heterocycles. The van der Waals surface area contributed by atoms with Crippen molar-refractivity contribution in [1.29, 1.82) is 0 Å². The van der Waals surface area contributed by atoms with Crippen LogP contribution < -0.4 is 0 Å². The first-order valence-corrected chi connectivity index (χ1v) is 19.0. The minimum atomic E-state index is 0.205. The highest BCUT2D eigenvalue weighted by molar-refractivity contribution is 6.12. The molecule has 0 amide bonds. The summed E-state index contributed by atoms with van der Waals surface area (Å²) in [5.41, 5.74) is 16.9. The zero-order valence-corrected chi connectivity index (χ0v) is 29.9. The minimum absolute atomic E-state index is 0.205. The number of rotatable bonds is 4. The third-order valence-electron chi connectivity index (χ3n) is 11.9. The van der Waals surface area contributed by atoms with Crippen LogP contribution in [0, 0.1) is 0 Å². The quantitative estimate of drug-likeness (QED) is 0.179. The molecule has 2 aromatic heterocycles. The highest BCUT2D eigenvalue weighted by Gasteiger charge is 2.30. The van der Waals surface area contributed by atoms with Crippen LogP contribution in [0.4, 0.5) is 0 Å². The van der Waals surface area contributed by atoms with Crippen molar-refractivity contribution in [1.82, 2.24) is 4.57 Å². The molecule has 1 unspecified atom stereocenters.